The minimum atomic E-state index is -0.159. The van der Waals surface area contributed by atoms with Crippen LogP contribution in [0.3, 0.4) is 0 Å². The highest BCUT2D eigenvalue weighted by atomic mass is 16.5. The molecule has 0 atom stereocenters. The lowest BCUT2D eigenvalue weighted by Crippen LogP contribution is -2.19. The molecule has 0 saturated heterocycles. The third kappa shape index (κ3) is 5.21. The summed E-state index contributed by atoms with van der Waals surface area (Å²) in [7, 11) is 0. The van der Waals surface area contributed by atoms with Crippen LogP contribution in [-0.4, -0.2) is 30.3 Å². The second-order valence-corrected chi connectivity index (χ2v) is 3.03. The van der Waals surface area contributed by atoms with Crippen LogP contribution < -0.4 is 5.43 Å². The summed E-state index contributed by atoms with van der Waals surface area (Å²) in [5, 5.41) is 3.80. The first-order chi connectivity index (χ1) is 7.83. The molecule has 0 aromatic carbocycles. The molecule has 0 saturated carbocycles. The van der Waals surface area contributed by atoms with Crippen LogP contribution in [0, 0.1) is 0 Å². The molecule has 1 aromatic rings. The summed E-state index contributed by atoms with van der Waals surface area (Å²) >= 11 is 0. The minimum absolute atomic E-state index is 0.159. The predicted molar refractivity (Wildman–Crippen MR) is 61.1 cm³/mol. The zero-order valence-corrected chi connectivity index (χ0v) is 9.22. The minimum Gasteiger partial charge on any atom is -0.381 e. The zero-order valence-electron chi connectivity index (χ0n) is 9.22. The number of hydrazone groups is 1. The molecule has 0 spiro atoms. The second-order valence-electron chi connectivity index (χ2n) is 3.03. The lowest BCUT2D eigenvalue weighted by molar-refractivity contribution is -0.122. The van der Waals surface area contributed by atoms with Gasteiger partial charge in [-0.3, -0.25) is 9.78 Å². The molecule has 5 nitrogen and oxygen atoms in total. The van der Waals surface area contributed by atoms with E-state index in [9.17, 15) is 4.79 Å². The van der Waals surface area contributed by atoms with Crippen LogP contribution in [-0.2, 0) is 9.53 Å². The van der Waals surface area contributed by atoms with Gasteiger partial charge in [0.25, 0.3) is 0 Å². The highest BCUT2D eigenvalue weighted by molar-refractivity contribution is 5.81. The van der Waals surface area contributed by atoms with Crippen LogP contribution in [0.25, 0.3) is 0 Å². The number of carbonyl (C=O) groups is 1. The topological polar surface area (TPSA) is 63.6 Å². The average molecular weight is 221 g/mol. The lowest BCUT2D eigenvalue weighted by atomic mass is 10.3. The van der Waals surface area contributed by atoms with Crippen molar-refractivity contribution in [3.8, 4) is 0 Å². The number of carbonyl (C=O) groups excluding carboxylic acids is 1. The molecule has 0 bridgehead atoms. The number of amides is 1. The van der Waals surface area contributed by atoms with E-state index in [1.165, 1.54) is 0 Å². The third-order valence-corrected chi connectivity index (χ3v) is 1.76. The molecule has 0 unspecified atom stereocenters. The van der Waals surface area contributed by atoms with Crippen molar-refractivity contribution in [2.24, 2.45) is 5.10 Å². The molecule has 0 radical (unpaired) electrons. The zero-order chi connectivity index (χ0) is 11.6. The fourth-order valence-electron chi connectivity index (χ4n) is 0.996. The van der Waals surface area contributed by atoms with E-state index in [2.05, 4.69) is 15.5 Å². The van der Waals surface area contributed by atoms with Gasteiger partial charge in [-0.15, -0.1) is 0 Å². The highest BCUT2D eigenvalue weighted by Crippen LogP contribution is 1.90. The van der Waals surface area contributed by atoms with Gasteiger partial charge in [0, 0.05) is 24.6 Å². The number of pyridine rings is 1. The molecule has 16 heavy (non-hydrogen) atoms. The first-order valence-electron chi connectivity index (χ1n) is 5.12. The average Bonchev–Trinajstić information content (AvgIpc) is 2.31. The number of rotatable bonds is 6. The van der Waals surface area contributed by atoms with Crippen LogP contribution in [0.15, 0.2) is 29.6 Å². The van der Waals surface area contributed by atoms with Crippen LogP contribution in [0.2, 0.25) is 0 Å². The quantitative estimate of drug-likeness (QED) is 0.442. The molecule has 0 aliphatic rings. The normalized spacial score (nSPS) is 10.6. The van der Waals surface area contributed by atoms with Crippen molar-refractivity contribution in [3.05, 3.63) is 30.1 Å². The largest absolute Gasteiger partial charge is 0.381 e. The molecule has 5 heteroatoms. The Balaban J connectivity index is 2.24. The molecule has 1 N–H and O–H groups in total. The Kier molecular flexibility index (Phi) is 5.80. The van der Waals surface area contributed by atoms with Crippen LogP contribution in [0.1, 0.15) is 18.9 Å². The molecule has 1 amide bonds. The maximum Gasteiger partial charge on any atom is 0.242 e. The van der Waals surface area contributed by atoms with Gasteiger partial charge >= 0.3 is 0 Å². The Morgan fingerprint density at radius 3 is 3.25 bits per heavy atom. The van der Waals surface area contributed by atoms with Crippen LogP contribution in [0.5, 0.6) is 0 Å². The van der Waals surface area contributed by atoms with Crippen molar-refractivity contribution in [2.45, 2.75) is 13.3 Å². The van der Waals surface area contributed by atoms with Gasteiger partial charge in [-0.2, -0.15) is 5.10 Å². The molecule has 86 valence electrons. The van der Waals surface area contributed by atoms with Gasteiger partial charge < -0.3 is 4.74 Å². The number of hydrogen-bond acceptors (Lipinski definition) is 4. The van der Waals surface area contributed by atoms with E-state index in [1.807, 2.05) is 13.0 Å². The van der Waals surface area contributed by atoms with Crippen LogP contribution in [0.4, 0.5) is 0 Å². The van der Waals surface area contributed by atoms with Crippen molar-refractivity contribution in [1.29, 1.82) is 0 Å². The van der Waals surface area contributed by atoms with Gasteiger partial charge in [-0.1, -0.05) is 6.07 Å². The van der Waals surface area contributed by atoms with E-state index in [-0.39, 0.29) is 5.91 Å². The summed E-state index contributed by atoms with van der Waals surface area (Å²) < 4.78 is 5.05. The monoisotopic (exact) mass is 221 g/mol. The van der Waals surface area contributed by atoms with E-state index in [0.29, 0.717) is 19.6 Å². The molecular formula is C11H15N3O2. The summed E-state index contributed by atoms with van der Waals surface area (Å²) in [5.41, 5.74) is 3.25. The Bertz CT molecular complexity index is 338. The van der Waals surface area contributed by atoms with Gasteiger partial charge in [0.2, 0.25) is 5.91 Å². The SMILES string of the molecule is CCOCCC(=O)N/N=C/c1cccnc1. The summed E-state index contributed by atoms with van der Waals surface area (Å²) in [6.07, 6.45) is 5.21. The van der Waals surface area contributed by atoms with Gasteiger partial charge in [-0.05, 0) is 13.0 Å². The van der Waals surface area contributed by atoms with Crippen molar-refractivity contribution >= 4 is 12.1 Å². The number of hydrogen-bond donors (Lipinski definition) is 1. The van der Waals surface area contributed by atoms with Crippen molar-refractivity contribution < 1.29 is 9.53 Å². The number of nitrogens with one attached hydrogen (secondary N) is 1. The standard InChI is InChI=1S/C11H15N3O2/c1-2-16-7-5-11(15)14-13-9-10-4-3-6-12-8-10/h3-4,6,8-9H,2,5,7H2,1H3,(H,14,15)/b13-9+. The van der Waals surface area contributed by atoms with E-state index < -0.39 is 0 Å². The van der Waals surface area contributed by atoms with E-state index >= 15 is 0 Å². The van der Waals surface area contributed by atoms with E-state index in [1.54, 1.807) is 24.7 Å². The van der Waals surface area contributed by atoms with Gasteiger partial charge in [0.05, 0.1) is 19.2 Å². The van der Waals surface area contributed by atoms with E-state index in [4.69, 9.17) is 4.74 Å². The van der Waals surface area contributed by atoms with Gasteiger partial charge in [0.15, 0.2) is 0 Å². The number of nitrogens with zero attached hydrogens (tertiary/aromatic N) is 2. The fraction of sp³-hybridized carbons (Fsp3) is 0.364. The fourth-order valence-corrected chi connectivity index (χ4v) is 0.996. The summed E-state index contributed by atoms with van der Waals surface area (Å²) in [5.74, 6) is -0.159. The molecule has 1 rings (SSSR count). The second kappa shape index (κ2) is 7.53. The maximum absolute atomic E-state index is 11.2. The summed E-state index contributed by atoms with van der Waals surface area (Å²) in [6, 6.07) is 3.65. The third-order valence-electron chi connectivity index (χ3n) is 1.76. The summed E-state index contributed by atoms with van der Waals surface area (Å²) in [6.45, 7) is 2.93. The Labute approximate surface area is 94.5 Å². The Morgan fingerprint density at radius 2 is 2.56 bits per heavy atom. The molecule has 0 fully saturated rings. The first-order valence-corrected chi connectivity index (χ1v) is 5.12. The molecule has 1 heterocycles. The maximum atomic E-state index is 11.2. The van der Waals surface area contributed by atoms with Gasteiger partial charge in [-0.25, -0.2) is 5.43 Å². The predicted octanol–water partition coefficient (Wildman–Crippen LogP) is 0.958. The Morgan fingerprint density at radius 1 is 1.69 bits per heavy atom. The summed E-state index contributed by atoms with van der Waals surface area (Å²) in [4.78, 5) is 15.1. The van der Waals surface area contributed by atoms with E-state index in [0.717, 1.165) is 5.56 Å². The number of ether oxygens (including phenoxy) is 1. The molecule has 0 aliphatic heterocycles. The van der Waals surface area contributed by atoms with Crippen LogP contribution >= 0.6 is 0 Å². The van der Waals surface area contributed by atoms with Crippen molar-refractivity contribution in [1.82, 2.24) is 10.4 Å². The smallest absolute Gasteiger partial charge is 0.242 e. The molecule has 0 aliphatic carbocycles. The van der Waals surface area contributed by atoms with Crippen molar-refractivity contribution in [2.75, 3.05) is 13.2 Å². The Hall–Kier alpha value is -1.75. The first kappa shape index (κ1) is 12.3. The highest BCUT2D eigenvalue weighted by Gasteiger charge is 1.97. The lowest BCUT2D eigenvalue weighted by Gasteiger charge is -1.99. The van der Waals surface area contributed by atoms with Crippen molar-refractivity contribution in [3.63, 3.8) is 0 Å². The molecular weight excluding hydrogens is 206 g/mol. The number of aromatic nitrogens is 1. The van der Waals surface area contributed by atoms with Gasteiger partial charge in [0.1, 0.15) is 0 Å². The molecule has 1 aromatic heterocycles.